The molecule has 138 valence electrons. The molecule has 1 aliphatic heterocycles. The van der Waals surface area contributed by atoms with Gasteiger partial charge in [0.05, 0.1) is 16.7 Å². The van der Waals surface area contributed by atoms with Gasteiger partial charge in [-0.05, 0) is 37.0 Å². The van der Waals surface area contributed by atoms with Crippen molar-refractivity contribution < 1.29 is 23.9 Å². The molecular formula is C18H17BrClNO5. The topological polar surface area (TPSA) is 81.7 Å². The minimum atomic E-state index is -0.545. The van der Waals surface area contributed by atoms with Gasteiger partial charge in [0.2, 0.25) is 0 Å². The van der Waals surface area contributed by atoms with Gasteiger partial charge in [-0.15, -0.1) is 0 Å². The van der Waals surface area contributed by atoms with E-state index in [2.05, 4.69) is 21.2 Å². The zero-order valence-corrected chi connectivity index (χ0v) is 16.2. The molecule has 8 heteroatoms. The van der Waals surface area contributed by atoms with Gasteiger partial charge in [0.15, 0.2) is 6.61 Å². The number of carbonyl (C=O) groups excluding carboxylic acids is 3. The molecule has 6 atom stereocenters. The van der Waals surface area contributed by atoms with Gasteiger partial charge in [0, 0.05) is 16.6 Å². The maximum absolute atomic E-state index is 12.5. The van der Waals surface area contributed by atoms with E-state index in [9.17, 15) is 14.4 Å². The number of amides is 1. The Labute approximate surface area is 163 Å². The highest BCUT2D eigenvalue weighted by molar-refractivity contribution is 9.09. The molecule has 2 aliphatic carbocycles. The highest BCUT2D eigenvalue weighted by Crippen LogP contribution is 2.60. The molecule has 1 N–H and O–H groups in total. The first-order chi connectivity index (χ1) is 12.4. The fourth-order valence-electron chi connectivity index (χ4n) is 4.46. The van der Waals surface area contributed by atoms with Crippen molar-refractivity contribution >= 4 is 51.1 Å². The van der Waals surface area contributed by atoms with Crippen LogP contribution in [0, 0.1) is 30.6 Å². The summed E-state index contributed by atoms with van der Waals surface area (Å²) >= 11 is 9.57. The second kappa shape index (κ2) is 6.53. The molecule has 1 heterocycles. The van der Waals surface area contributed by atoms with Crippen LogP contribution in [0.1, 0.15) is 12.0 Å². The Bertz CT molecular complexity index is 800. The van der Waals surface area contributed by atoms with E-state index in [4.69, 9.17) is 21.1 Å². The van der Waals surface area contributed by atoms with E-state index in [0.29, 0.717) is 10.7 Å². The van der Waals surface area contributed by atoms with Crippen molar-refractivity contribution in [2.75, 3.05) is 11.9 Å². The van der Waals surface area contributed by atoms with Crippen LogP contribution >= 0.6 is 27.5 Å². The maximum Gasteiger partial charge on any atom is 0.310 e. The molecule has 26 heavy (non-hydrogen) atoms. The molecule has 3 fully saturated rings. The summed E-state index contributed by atoms with van der Waals surface area (Å²) in [6, 6.07) is 5.18. The van der Waals surface area contributed by atoms with Crippen molar-refractivity contribution in [3.63, 3.8) is 0 Å². The molecule has 3 aliphatic rings. The van der Waals surface area contributed by atoms with Gasteiger partial charge in [-0.25, -0.2) is 0 Å². The summed E-state index contributed by atoms with van der Waals surface area (Å²) in [5.74, 6) is -2.20. The first kappa shape index (κ1) is 17.8. The molecule has 0 radical (unpaired) electrons. The molecule has 4 rings (SSSR count). The Morgan fingerprint density at radius 2 is 2.15 bits per heavy atom. The number of hydrogen-bond donors (Lipinski definition) is 1. The summed E-state index contributed by atoms with van der Waals surface area (Å²) in [5, 5.41) is 3.22. The third-order valence-corrected chi connectivity index (χ3v) is 7.29. The summed E-state index contributed by atoms with van der Waals surface area (Å²) in [4.78, 5) is 36.7. The predicted octanol–water partition coefficient (Wildman–Crippen LogP) is 2.70. The Balaban J connectivity index is 1.38. The number of nitrogens with one attached hydrogen (secondary N) is 1. The lowest BCUT2D eigenvalue weighted by atomic mass is 9.80. The second-order valence-corrected chi connectivity index (χ2v) is 8.49. The van der Waals surface area contributed by atoms with Crippen molar-refractivity contribution in [2.45, 2.75) is 24.3 Å². The van der Waals surface area contributed by atoms with Gasteiger partial charge in [-0.2, -0.15) is 0 Å². The van der Waals surface area contributed by atoms with Crippen LogP contribution in [0.15, 0.2) is 18.2 Å². The number of rotatable bonds is 4. The average molecular weight is 443 g/mol. The van der Waals surface area contributed by atoms with Crippen molar-refractivity contribution in [3.05, 3.63) is 28.8 Å². The van der Waals surface area contributed by atoms with Gasteiger partial charge >= 0.3 is 11.9 Å². The van der Waals surface area contributed by atoms with Crippen LogP contribution in [0.5, 0.6) is 0 Å². The van der Waals surface area contributed by atoms with Crippen LogP contribution in [0.4, 0.5) is 5.69 Å². The Morgan fingerprint density at radius 3 is 2.92 bits per heavy atom. The second-order valence-electron chi connectivity index (χ2n) is 7.03. The Hall–Kier alpha value is -1.60. The van der Waals surface area contributed by atoms with Crippen molar-refractivity contribution in [2.24, 2.45) is 23.7 Å². The minimum absolute atomic E-state index is 0.00665. The SMILES string of the molecule is Cc1c(Cl)cccc1NC(=O)COC(=O)[C@@H]1[C@H]2C[C@H]3[C@H](OC(=O)[C@@H]31)[C@@H]2Br. The zero-order chi connectivity index (χ0) is 18.6. The summed E-state index contributed by atoms with van der Waals surface area (Å²) in [6.07, 6.45) is 0.626. The van der Waals surface area contributed by atoms with Gasteiger partial charge in [-0.1, -0.05) is 33.6 Å². The van der Waals surface area contributed by atoms with E-state index in [-0.39, 0.29) is 28.7 Å². The minimum Gasteiger partial charge on any atom is -0.461 e. The first-order valence-corrected chi connectivity index (χ1v) is 9.74. The van der Waals surface area contributed by atoms with Crippen LogP contribution in [0.25, 0.3) is 0 Å². The van der Waals surface area contributed by atoms with Crippen LogP contribution in [-0.4, -0.2) is 35.4 Å². The molecule has 1 aromatic carbocycles. The first-order valence-electron chi connectivity index (χ1n) is 8.44. The number of halogens is 2. The van der Waals surface area contributed by atoms with E-state index in [1.54, 1.807) is 25.1 Å². The van der Waals surface area contributed by atoms with E-state index in [0.717, 1.165) is 12.0 Å². The summed E-state index contributed by atoms with van der Waals surface area (Å²) in [5.41, 5.74) is 1.31. The standard InChI is InChI=1S/C18H17BrClNO5/c1-7-10(20)3-2-4-11(7)21-12(22)6-25-17(23)13-8-5-9-14(13)18(24)26-16(9)15(8)19/h2-4,8-9,13-16H,5-6H2,1H3,(H,21,22)/t8-,9-,13-,14+,15-,16+/m1/s1. The number of ether oxygens (including phenoxy) is 2. The number of alkyl halides is 1. The van der Waals surface area contributed by atoms with Crippen LogP contribution in [-0.2, 0) is 23.9 Å². The normalized spacial score (nSPS) is 33.9. The Morgan fingerprint density at radius 1 is 1.38 bits per heavy atom. The lowest BCUT2D eigenvalue weighted by molar-refractivity contribution is -0.157. The largest absolute Gasteiger partial charge is 0.461 e. The van der Waals surface area contributed by atoms with Crippen molar-refractivity contribution in [1.29, 1.82) is 0 Å². The number of anilines is 1. The summed E-state index contributed by atoms with van der Waals surface area (Å²) < 4.78 is 10.6. The molecule has 2 saturated carbocycles. The summed E-state index contributed by atoms with van der Waals surface area (Å²) in [7, 11) is 0. The molecule has 0 spiro atoms. The molecule has 1 amide bonds. The van der Waals surface area contributed by atoms with Gasteiger partial charge in [-0.3, -0.25) is 14.4 Å². The highest BCUT2D eigenvalue weighted by Gasteiger charge is 2.68. The fourth-order valence-corrected chi connectivity index (χ4v) is 5.68. The zero-order valence-electron chi connectivity index (χ0n) is 13.9. The van der Waals surface area contributed by atoms with E-state index in [1.165, 1.54) is 0 Å². The van der Waals surface area contributed by atoms with E-state index < -0.39 is 30.3 Å². The fraction of sp³-hybridized carbons (Fsp3) is 0.500. The van der Waals surface area contributed by atoms with Gasteiger partial charge in [0.1, 0.15) is 6.10 Å². The molecular weight excluding hydrogens is 426 g/mol. The Kier molecular flexibility index (Phi) is 4.47. The quantitative estimate of drug-likeness (QED) is 0.573. The highest BCUT2D eigenvalue weighted by atomic mass is 79.9. The maximum atomic E-state index is 12.5. The lowest BCUT2D eigenvalue weighted by Gasteiger charge is -2.26. The molecule has 0 aromatic heterocycles. The number of carbonyl (C=O) groups is 3. The van der Waals surface area contributed by atoms with Crippen molar-refractivity contribution in [1.82, 2.24) is 0 Å². The van der Waals surface area contributed by atoms with Crippen LogP contribution in [0.2, 0.25) is 5.02 Å². The van der Waals surface area contributed by atoms with E-state index >= 15 is 0 Å². The number of benzene rings is 1. The van der Waals surface area contributed by atoms with Crippen LogP contribution in [0.3, 0.4) is 0 Å². The van der Waals surface area contributed by atoms with Gasteiger partial charge < -0.3 is 14.8 Å². The number of hydrogen-bond acceptors (Lipinski definition) is 5. The molecule has 1 aromatic rings. The average Bonchev–Trinajstić information content (AvgIpc) is 3.21. The van der Waals surface area contributed by atoms with Crippen LogP contribution < -0.4 is 5.32 Å². The monoisotopic (exact) mass is 441 g/mol. The molecule has 0 unspecified atom stereocenters. The van der Waals surface area contributed by atoms with E-state index in [1.807, 2.05) is 0 Å². The molecule has 2 bridgehead atoms. The lowest BCUT2D eigenvalue weighted by Crippen LogP contribution is -2.39. The summed E-state index contributed by atoms with van der Waals surface area (Å²) in [6.45, 7) is 1.38. The molecule has 6 nitrogen and oxygen atoms in total. The predicted molar refractivity (Wildman–Crippen MR) is 96.9 cm³/mol. The molecule has 1 saturated heterocycles. The third kappa shape index (κ3) is 2.72. The number of fused-ring (bicyclic) bond motifs is 1. The number of esters is 2. The van der Waals surface area contributed by atoms with Gasteiger partial charge in [0.25, 0.3) is 5.91 Å². The van der Waals surface area contributed by atoms with Crippen molar-refractivity contribution in [3.8, 4) is 0 Å². The third-order valence-electron chi connectivity index (χ3n) is 5.68. The smallest absolute Gasteiger partial charge is 0.310 e.